The summed E-state index contributed by atoms with van der Waals surface area (Å²) in [5, 5.41) is 7.53. The van der Waals surface area contributed by atoms with Crippen LogP contribution in [-0.4, -0.2) is 57.3 Å². The predicted molar refractivity (Wildman–Crippen MR) is 103 cm³/mol. The Balaban J connectivity index is 1.41. The molecule has 144 valence electrons. The Labute approximate surface area is 166 Å². The van der Waals surface area contributed by atoms with E-state index in [9.17, 15) is 4.79 Å². The monoisotopic (exact) mass is 399 g/mol. The Hall–Kier alpha value is -3.13. The molecule has 3 aromatic rings. The summed E-state index contributed by atoms with van der Waals surface area (Å²) in [6, 6.07) is 9.52. The van der Waals surface area contributed by atoms with E-state index < -0.39 is 0 Å². The van der Waals surface area contributed by atoms with Crippen molar-refractivity contribution in [3.63, 3.8) is 0 Å². The van der Waals surface area contributed by atoms with Crippen LogP contribution >= 0.6 is 11.6 Å². The molecule has 28 heavy (non-hydrogen) atoms. The Bertz CT molecular complexity index is 976. The zero-order valence-electron chi connectivity index (χ0n) is 15.1. The fourth-order valence-electron chi connectivity index (χ4n) is 3.05. The number of benzene rings is 1. The number of methoxy groups -OCH3 is 1. The van der Waals surface area contributed by atoms with Gasteiger partial charge in [-0.15, -0.1) is 0 Å². The molecule has 1 fully saturated rings. The highest BCUT2D eigenvalue weighted by Gasteiger charge is 2.29. The van der Waals surface area contributed by atoms with E-state index >= 15 is 0 Å². The van der Waals surface area contributed by atoms with Crippen molar-refractivity contribution in [2.75, 3.05) is 20.2 Å². The molecule has 1 saturated heterocycles. The average Bonchev–Trinajstić information content (AvgIpc) is 3.39. The van der Waals surface area contributed by atoms with Gasteiger partial charge in [-0.05, 0) is 18.2 Å². The van der Waals surface area contributed by atoms with Crippen LogP contribution in [0.2, 0.25) is 5.02 Å². The molecule has 0 aliphatic carbocycles. The lowest BCUT2D eigenvalue weighted by Crippen LogP contribution is -2.31. The van der Waals surface area contributed by atoms with E-state index in [1.165, 1.54) is 12.4 Å². The Morgan fingerprint density at radius 3 is 2.89 bits per heavy atom. The van der Waals surface area contributed by atoms with Gasteiger partial charge < -0.3 is 14.4 Å². The zero-order valence-corrected chi connectivity index (χ0v) is 15.9. The number of aromatic amines is 1. The van der Waals surface area contributed by atoms with Gasteiger partial charge in [-0.25, -0.2) is 9.97 Å². The second-order valence-electron chi connectivity index (χ2n) is 6.36. The number of hydrogen-bond acceptors (Lipinski definition) is 6. The van der Waals surface area contributed by atoms with Gasteiger partial charge in [0.1, 0.15) is 17.5 Å². The van der Waals surface area contributed by atoms with Crippen molar-refractivity contribution in [3.8, 4) is 23.0 Å². The molecule has 0 bridgehead atoms. The lowest BCUT2D eigenvalue weighted by atomic mass is 10.1. The molecule has 8 nitrogen and oxygen atoms in total. The maximum atomic E-state index is 12.8. The molecular formula is C19H18ClN5O3. The molecule has 1 unspecified atom stereocenters. The fourth-order valence-corrected chi connectivity index (χ4v) is 3.15. The average molecular weight is 400 g/mol. The van der Waals surface area contributed by atoms with Crippen LogP contribution < -0.4 is 9.47 Å². The van der Waals surface area contributed by atoms with Crippen molar-refractivity contribution < 1.29 is 14.3 Å². The van der Waals surface area contributed by atoms with Crippen molar-refractivity contribution in [1.82, 2.24) is 25.1 Å². The highest BCUT2D eigenvalue weighted by Crippen LogP contribution is 2.24. The summed E-state index contributed by atoms with van der Waals surface area (Å²) >= 11 is 5.77. The maximum Gasteiger partial charge on any atom is 0.316 e. The lowest BCUT2D eigenvalue weighted by molar-refractivity contribution is 0.0764. The van der Waals surface area contributed by atoms with Crippen LogP contribution in [0.15, 0.2) is 42.7 Å². The van der Waals surface area contributed by atoms with Gasteiger partial charge in [-0.1, -0.05) is 23.7 Å². The molecule has 1 aliphatic rings. The van der Waals surface area contributed by atoms with E-state index in [-0.39, 0.29) is 18.0 Å². The highest BCUT2D eigenvalue weighted by atomic mass is 35.5. The minimum Gasteiger partial charge on any atom is -0.497 e. The van der Waals surface area contributed by atoms with Crippen LogP contribution in [0.3, 0.4) is 0 Å². The number of rotatable bonds is 5. The van der Waals surface area contributed by atoms with Crippen LogP contribution in [0.25, 0.3) is 11.3 Å². The number of ether oxygens (including phenoxy) is 2. The fraction of sp³-hybridized carbons (Fsp3) is 0.263. The molecule has 0 spiro atoms. The number of amides is 1. The standard InChI is InChI=1S/C19H18ClN5O3/c1-27-14-4-2-3-12(7-14)16-8-17(24-23-16)18(26)25-6-5-15(11-25)28-19-21-9-13(20)10-22-19/h2-4,7-10,15H,5-6,11H2,1H3,(H,23,24). The normalized spacial score (nSPS) is 16.2. The summed E-state index contributed by atoms with van der Waals surface area (Å²) in [6.45, 7) is 1.04. The van der Waals surface area contributed by atoms with Crippen molar-refractivity contribution in [3.05, 3.63) is 53.4 Å². The number of carbonyl (C=O) groups is 1. The SMILES string of the molecule is COc1cccc(-c2cc(C(=O)N3CCC(Oc4ncc(Cl)cn4)C3)[nH]n2)c1. The van der Waals surface area contributed by atoms with E-state index in [2.05, 4.69) is 20.2 Å². The molecule has 1 atom stereocenters. The quantitative estimate of drug-likeness (QED) is 0.709. The van der Waals surface area contributed by atoms with Crippen molar-refractivity contribution >= 4 is 17.5 Å². The Morgan fingerprint density at radius 2 is 2.11 bits per heavy atom. The number of nitrogens with zero attached hydrogens (tertiary/aromatic N) is 4. The van der Waals surface area contributed by atoms with Crippen molar-refractivity contribution in [1.29, 1.82) is 0 Å². The second kappa shape index (κ2) is 7.85. The summed E-state index contributed by atoms with van der Waals surface area (Å²) in [5.74, 6) is 0.613. The first-order chi connectivity index (χ1) is 13.6. The van der Waals surface area contributed by atoms with Gasteiger partial charge >= 0.3 is 6.01 Å². The lowest BCUT2D eigenvalue weighted by Gasteiger charge is -2.15. The molecule has 1 N–H and O–H groups in total. The number of nitrogens with one attached hydrogen (secondary N) is 1. The van der Waals surface area contributed by atoms with Gasteiger partial charge in [0, 0.05) is 18.5 Å². The Kier molecular flexibility index (Phi) is 5.12. The second-order valence-corrected chi connectivity index (χ2v) is 6.80. The molecular weight excluding hydrogens is 382 g/mol. The van der Waals surface area contributed by atoms with Crippen LogP contribution in [0.1, 0.15) is 16.9 Å². The van der Waals surface area contributed by atoms with Crippen LogP contribution in [0, 0.1) is 0 Å². The third kappa shape index (κ3) is 3.91. The number of aromatic nitrogens is 4. The van der Waals surface area contributed by atoms with E-state index in [1.807, 2.05) is 24.3 Å². The summed E-state index contributed by atoms with van der Waals surface area (Å²) < 4.78 is 11.0. The largest absolute Gasteiger partial charge is 0.497 e. The molecule has 0 radical (unpaired) electrons. The van der Waals surface area contributed by atoms with Crippen molar-refractivity contribution in [2.24, 2.45) is 0 Å². The molecule has 9 heteroatoms. The smallest absolute Gasteiger partial charge is 0.316 e. The molecule has 1 amide bonds. The number of H-pyrrole nitrogens is 1. The Morgan fingerprint density at radius 1 is 1.29 bits per heavy atom. The molecule has 1 aromatic carbocycles. The van der Waals surface area contributed by atoms with Gasteiger partial charge in [0.15, 0.2) is 0 Å². The summed E-state index contributed by atoms with van der Waals surface area (Å²) in [5.41, 5.74) is 1.99. The molecule has 3 heterocycles. The minimum absolute atomic E-state index is 0.121. The molecule has 1 aliphatic heterocycles. The topological polar surface area (TPSA) is 93.2 Å². The van der Waals surface area contributed by atoms with Gasteiger partial charge in [0.05, 0.1) is 36.8 Å². The van der Waals surface area contributed by atoms with Gasteiger partial charge in [0.2, 0.25) is 0 Å². The van der Waals surface area contributed by atoms with E-state index in [1.54, 1.807) is 18.1 Å². The highest BCUT2D eigenvalue weighted by molar-refractivity contribution is 6.30. The molecule has 0 saturated carbocycles. The van der Waals surface area contributed by atoms with E-state index in [4.69, 9.17) is 21.1 Å². The van der Waals surface area contributed by atoms with Crippen LogP contribution in [-0.2, 0) is 0 Å². The first-order valence-electron chi connectivity index (χ1n) is 8.75. The maximum absolute atomic E-state index is 12.8. The van der Waals surface area contributed by atoms with Crippen molar-refractivity contribution in [2.45, 2.75) is 12.5 Å². The third-order valence-electron chi connectivity index (χ3n) is 4.47. The van der Waals surface area contributed by atoms with Crippen LogP contribution in [0.5, 0.6) is 11.8 Å². The van der Waals surface area contributed by atoms with Gasteiger partial charge in [-0.3, -0.25) is 9.89 Å². The summed E-state index contributed by atoms with van der Waals surface area (Å²) in [7, 11) is 1.61. The predicted octanol–water partition coefficient (Wildman–Crippen LogP) is 2.82. The summed E-state index contributed by atoms with van der Waals surface area (Å²) in [4.78, 5) is 22.6. The molecule has 2 aromatic heterocycles. The number of hydrogen-bond donors (Lipinski definition) is 1. The third-order valence-corrected chi connectivity index (χ3v) is 4.67. The van der Waals surface area contributed by atoms with E-state index in [0.29, 0.717) is 35.9 Å². The first-order valence-corrected chi connectivity index (χ1v) is 9.13. The van der Waals surface area contributed by atoms with Gasteiger partial charge in [0.25, 0.3) is 5.91 Å². The van der Waals surface area contributed by atoms with Crippen LogP contribution in [0.4, 0.5) is 0 Å². The number of likely N-dealkylation sites (tertiary alicyclic amines) is 1. The van der Waals surface area contributed by atoms with Gasteiger partial charge in [-0.2, -0.15) is 5.10 Å². The molecule has 4 rings (SSSR count). The first kappa shape index (κ1) is 18.2. The number of halogens is 1. The minimum atomic E-state index is -0.161. The zero-order chi connectivity index (χ0) is 19.5. The number of carbonyl (C=O) groups excluding carboxylic acids is 1. The van der Waals surface area contributed by atoms with E-state index in [0.717, 1.165) is 11.3 Å². The summed E-state index contributed by atoms with van der Waals surface area (Å²) in [6.07, 6.45) is 3.50.